The van der Waals surface area contributed by atoms with Crippen molar-refractivity contribution in [1.82, 2.24) is 19.7 Å². The standard InChI is InChI=1S/C17H25FN4O4/c1-10-6-13-12(9-21(10)16(24)25-17(2,3)4)14-15(23)20(5)26-11(7-18)8-22(14)19-13/h10-11H,6-9H2,1-5H3/t10-,11+/m1/s1. The molecule has 0 unspecified atom stereocenters. The Morgan fingerprint density at radius 1 is 1.42 bits per heavy atom. The third kappa shape index (κ3) is 3.40. The molecule has 0 radical (unpaired) electrons. The molecule has 0 N–H and O–H groups in total. The summed E-state index contributed by atoms with van der Waals surface area (Å²) in [6.45, 7) is 6.99. The van der Waals surface area contributed by atoms with Crippen molar-refractivity contribution in [3.8, 4) is 0 Å². The molecule has 2 aliphatic rings. The lowest BCUT2D eigenvalue weighted by molar-refractivity contribution is -0.152. The number of hydrogen-bond donors (Lipinski definition) is 0. The van der Waals surface area contributed by atoms with E-state index in [1.54, 1.807) is 4.90 Å². The maximum atomic E-state index is 13.2. The van der Waals surface area contributed by atoms with Crippen LogP contribution in [0.1, 0.15) is 49.4 Å². The second-order valence-corrected chi connectivity index (χ2v) is 7.80. The molecule has 9 heteroatoms. The van der Waals surface area contributed by atoms with E-state index in [2.05, 4.69) is 5.10 Å². The maximum absolute atomic E-state index is 13.2. The van der Waals surface area contributed by atoms with Gasteiger partial charge < -0.3 is 9.64 Å². The molecule has 0 saturated carbocycles. The number of amides is 2. The molecule has 3 heterocycles. The molecule has 0 aliphatic carbocycles. The van der Waals surface area contributed by atoms with E-state index in [0.29, 0.717) is 17.7 Å². The molecule has 8 nitrogen and oxygen atoms in total. The first-order valence-electron chi connectivity index (χ1n) is 8.69. The van der Waals surface area contributed by atoms with Gasteiger partial charge in [0.15, 0.2) is 0 Å². The molecule has 0 spiro atoms. The van der Waals surface area contributed by atoms with Gasteiger partial charge in [0.1, 0.15) is 24.1 Å². The summed E-state index contributed by atoms with van der Waals surface area (Å²) in [6.07, 6.45) is -0.693. The fourth-order valence-corrected chi connectivity index (χ4v) is 3.26. The van der Waals surface area contributed by atoms with Gasteiger partial charge in [0.05, 0.1) is 18.8 Å². The molecule has 2 aliphatic heterocycles. The van der Waals surface area contributed by atoms with Crippen molar-refractivity contribution in [2.75, 3.05) is 13.7 Å². The lowest BCUT2D eigenvalue weighted by Gasteiger charge is -2.34. The molecular weight excluding hydrogens is 343 g/mol. The van der Waals surface area contributed by atoms with E-state index in [0.717, 1.165) is 10.8 Å². The fraction of sp³-hybridized carbons (Fsp3) is 0.706. The molecule has 2 atom stereocenters. The van der Waals surface area contributed by atoms with E-state index < -0.39 is 30.4 Å². The van der Waals surface area contributed by atoms with Crippen molar-refractivity contribution in [1.29, 1.82) is 0 Å². The third-order valence-electron chi connectivity index (χ3n) is 4.46. The SMILES string of the molecule is C[C@@H]1Cc2nn3c(c2CN1C(=O)OC(C)(C)C)C(=O)N(C)O[C@@H](CF)C3. The average Bonchev–Trinajstić information content (AvgIpc) is 2.81. The van der Waals surface area contributed by atoms with Crippen molar-refractivity contribution in [3.63, 3.8) is 0 Å². The van der Waals surface area contributed by atoms with E-state index in [9.17, 15) is 14.0 Å². The number of alkyl halides is 1. The Labute approximate surface area is 151 Å². The summed E-state index contributed by atoms with van der Waals surface area (Å²) in [7, 11) is 1.46. The first kappa shape index (κ1) is 18.6. The normalized spacial score (nSPS) is 23.4. The van der Waals surface area contributed by atoms with Crippen LogP contribution in [0.5, 0.6) is 0 Å². The Balaban J connectivity index is 1.94. The molecule has 0 bridgehead atoms. The first-order valence-corrected chi connectivity index (χ1v) is 8.69. The van der Waals surface area contributed by atoms with Crippen LogP contribution in [0, 0.1) is 0 Å². The molecule has 1 aromatic heterocycles. The number of carbonyl (C=O) groups is 2. The molecule has 0 fully saturated rings. The third-order valence-corrected chi connectivity index (χ3v) is 4.46. The topological polar surface area (TPSA) is 76.9 Å². The molecule has 0 aromatic carbocycles. The predicted octanol–water partition coefficient (Wildman–Crippen LogP) is 1.92. The second-order valence-electron chi connectivity index (χ2n) is 7.80. The second kappa shape index (κ2) is 6.53. The highest BCUT2D eigenvalue weighted by atomic mass is 19.1. The van der Waals surface area contributed by atoms with E-state index in [1.807, 2.05) is 27.7 Å². The Morgan fingerprint density at radius 3 is 2.73 bits per heavy atom. The van der Waals surface area contributed by atoms with E-state index in [4.69, 9.17) is 9.57 Å². The summed E-state index contributed by atoms with van der Waals surface area (Å²) in [5, 5.41) is 5.54. The number of carbonyl (C=O) groups excluding carboxylic acids is 2. The van der Waals surface area contributed by atoms with Gasteiger partial charge in [-0.2, -0.15) is 5.10 Å². The molecule has 1 aromatic rings. The summed E-state index contributed by atoms with van der Waals surface area (Å²) >= 11 is 0. The molecule has 26 heavy (non-hydrogen) atoms. The number of nitrogens with zero attached hydrogens (tertiary/aromatic N) is 4. The van der Waals surface area contributed by atoms with Gasteiger partial charge in [-0.15, -0.1) is 0 Å². The fourth-order valence-electron chi connectivity index (χ4n) is 3.26. The maximum Gasteiger partial charge on any atom is 0.410 e. The summed E-state index contributed by atoms with van der Waals surface area (Å²) in [6, 6.07) is -0.113. The van der Waals surface area contributed by atoms with E-state index >= 15 is 0 Å². The Morgan fingerprint density at radius 2 is 2.12 bits per heavy atom. The Bertz CT molecular complexity index is 727. The van der Waals surface area contributed by atoms with Gasteiger partial charge in [0, 0.05) is 25.1 Å². The smallest absolute Gasteiger partial charge is 0.410 e. The number of fused-ring (bicyclic) bond motifs is 3. The van der Waals surface area contributed by atoms with Gasteiger partial charge in [-0.3, -0.25) is 14.3 Å². The zero-order valence-electron chi connectivity index (χ0n) is 15.8. The number of aromatic nitrogens is 2. The lowest BCUT2D eigenvalue weighted by atomic mass is 9.99. The van der Waals surface area contributed by atoms with Crippen LogP contribution in [0.3, 0.4) is 0 Å². The van der Waals surface area contributed by atoms with Crippen LogP contribution in [-0.2, 0) is 29.1 Å². The number of hydroxylamine groups is 2. The van der Waals surface area contributed by atoms with Crippen molar-refractivity contribution < 1.29 is 23.6 Å². The highest BCUT2D eigenvalue weighted by Crippen LogP contribution is 2.29. The van der Waals surface area contributed by atoms with Crippen LogP contribution in [0.2, 0.25) is 0 Å². The van der Waals surface area contributed by atoms with Gasteiger partial charge in [-0.1, -0.05) is 0 Å². The number of ether oxygens (including phenoxy) is 1. The minimum Gasteiger partial charge on any atom is -0.444 e. The van der Waals surface area contributed by atoms with Crippen molar-refractivity contribution in [3.05, 3.63) is 17.0 Å². The van der Waals surface area contributed by atoms with E-state index in [-0.39, 0.29) is 19.1 Å². The van der Waals surface area contributed by atoms with Gasteiger partial charge in [0.25, 0.3) is 5.91 Å². The zero-order chi connectivity index (χ0) is 19.2. The molecule has 2 amide bonds. The zero-order valence-corrected chi connectivity index (χ0v) is 15.8. The van der Waals surface area contributed by atoms with Crippen LogP contribution < -0.4 is 0 Å². The van der Waals surface area contributed by atoms with Crippen LogP contribution in [0.25, 0.3) is 0 Å². The van der Waals surface area contributed by atoms with Crippen LogP contribution in [0.4, 0.5) is 9.18 Å². The highest BCUT2D eigenvalue weighted by Gasteiger charge is 2.38. The van der Waals surface area contributed by atoms with Crippen LogP contribution >= 0.6 is 0 Å². The Kier molecular flexibility index (Phi) is 4.68. The minimum atomic E-state index is -0.772. The molecular formula is C17H25FN4O4. The van der Waals surface area contributed by atoms with Crippen LogP contribution in [-0.4, -0.2) is 63.2 Å². The molecule has 3 rings (SSSR count). The summed E-state index contributed by atoms with van der Waals surface area (Å²) < 4.78 is 20.1. The van der Waals surface area contributed by atoms with Gasteiger partial charge in [-0.05, 0) is 27.7 Å². The summed E-state index contributed by atoms with van der Waals surface area (Å²) in [5.41, 5.74) is 1.17. The van der Waals surface area contributed by atoms with Gasteiger partial charge in [-0.25, -0.2) is 14.2 Å². The quantitative estimate of drug-likeness (QED) is 0.757. The first-order chi connectivity index (χ1) is 12.1. The molecule has 0 saturated heterocycles. The number of halogens is 1. The van der Waals surface area contributed by atoms with Crippen molar-refractivity contribution >= 4 is 12.0 Å². The van der Waals surface area contributed by atoms with Crippen molar-refractivity contribution in [2.45, 2.75) is 65.0 Å². The highest BCUT2D eigenvalue weighted by molar-refractivity contribution is 5.94. The monoisotopic (exact) mass is 368 g/mol. The largest absolute Gasteiger partial charge is 0.444 e. The number of hydrogen-bond acceptors (Lipinski definition) is 5. The lowest BCUT2D eigenvalue weighted by Crippen LogP contribution is -2.45. The predicted molar refractivity (Wildman–Crippen MR) is 90.1 cm³/mol. The van der Waals surface area contributed by atoms with E-state index in [1.165, 1.54) is 11.7 Å². The summed E-state index contributed by atoms with van der Waals surface area (Å²) in [5.74, 6) is -0.395. The van der Waals surface area contributed by atoms with Gasteiger partial charge >= 0.3 is 6.09 Å². The summed E-state index contributed by atoms with van der Waals surface area (Å²) in [4.78, 5) is 32.2. The van der Waals surface area contributed by atoms with Gasteiger partial charge in [0.2, 0.25) is 0 Å². The average molecular weight is 368 g/mol. The minimum absolute atomic E-state index is 0.113. The van der Waals surface area contributed by atoms with Crippen LogP contribution in [0.15, 0.2) is 0 Å². The number of rotatable bonds is 1. The van der Waals surface area contributed by atoms with Crippen molar-refractivity contribution in [2.24, 2.45) is 0 Å². The molecule has 144 valence electrons. The Hall–Kier alpha value is -2.16.